The zero-order chi connectivity index (χ0) is 22.6. The fourth-order valence-corrected chi connectivity index (χ4v) is 8.67. The zero-order valence-electron chi connectivity index (χ0n) is 18.8. The second kappa shape index (κ2) is 6.33. The molecule has 6 aliphatic rings. The van der Waals surface area contributed by atoms with Gasteiger partial charge in [-0.05, 0) is 54.9 Å². The highest BCUT2D eigenvalue weighted by Crippen LogP contribution is 2.78. The Bertz CT molecular complexity index is 851. The summed E-state index contributed by atoms with van der Waals surface area (Å²) in [7, 11) is 0. The van der Waals surface area contributed by atoms with Crippen molar-refractivity contribution in [2.24, 2.45) is 34.0 Å². The van der Waals surface area contributed by atoms with Gasteiger partial charge in [0.25, 0.3) is 0 Å². The minimum atomic E-state index is -1.82. The predicted molar refractivity (Wildman–Crippen MR) is 109 cm³/mol. The second-order valence-electron chi connectivity index (χ2n) is 11.3. The van der Waals surface area contributed by atoms with Crippen molar-refractivity contribution in [1.29, 1.82) is 0 Å². The van der Waals surface area contributed by atoms with E-state index in [2.05, 4.69) is 20.4 Å². The molecule has 4 bridgehead atoms. The van der Waals surface area contributed by atoms with Crippen LogP contribution in [0, 0.1) is 34.0 Å². The van der Waals surface area contributed by atoms with Crippen LogP contribution < -0.4 is 0 Å². The molecule has 7 heteroatoms. The molecule has 7 nitrogen and oxygen atoms in total. The molecule has 0 amide bonds. The quantitative estimate of drug-likeness (QED) is 0.508. The van der Waals surface area contributed by atoms with E-state index in [1.54, 1.807) is 0 Å². The molecule has 9 atom stereocenters. The summed E-state index contributed by atoms with van der Waals surface area (Å²) in [5.41, 5.74) is -1.17. The standard InChI is InChI=1S/C24H34O7/c1-12-15-6-7-16-22-11-29-24(28,23(16,10-15)19(12)30-13(2)25)20(31-14(3)26)18(22)21(4,5)9-8-17(22)27/h15-20,27-28H,1,6-11H2,2-5H3/t15-,16+,17+,18-,19-,20+,22-,23+,24+/m1/s1. The second-order valence-corrected chi connectivity index (χ2v) is 11.3. The molecule has 2 aliphatic heterocycles. The zero-order valence-corrected chi connectivity index (χ0v) is 18.8. The van der Waals surface area contributed by atoms with Crippen LogP contribution >= 0.6 is 0 Å². The first-order chi connectivity index (χ1) is 14.4. The highest BCUT2D eigenvalue weighted by Gasteiger charge is 2.85. The normalized spacial score (nSPS) is 51.6. The van der Waals surface area contributed by atoms with Crippen LogP contribution in [-0.4, -0.2) is 52.9 Å². The Morgan fingerprint density at radius 1 is 1.13 bits per heavy atom. The van der Waals surface area contributed by atoms with Crippen molar-refractivity contribution in [1.82, 2.24) is 0 Å². The monoisotopic (exact) mass is 434 g/mol. The smallest absolute Gasteiger partial charge is 0.303 e. The summed E-state index contributed by atoms with van der Waals surface area (Å²) in [4.78, 5) is 24.3. The van der Waals surface area contributed by atoms with E-state index in [0.29, 0.717) is 12.8 Å². The summed E-state index contributed by atoms with van der Waals surface area (Å²) in [6.45, 7) is 11.4. The predicted octanol–water partition coefficient (Wildman–Crippen LogP) is 2.34. The van der Waals surface area contributed by atoms with Gasteiger partial charge < -0.3 is 24.4 Å². The fraction of sp³-hybridized carbons (Fsp3) is 0.833. The molecule has 0 aromatic heterocycles. The van der Waals surface area contributed by atoms with E-state index in [-0.39, 0.29) is 29.8 Å². The van der Waals surface area contributed by atoms with Crippen LogP contribution in [0.4, 0.5) is 0 Å². The first-order valence-corrected chi connectivity index (χ1v) is 11.5. The molecule has 172 valence electrons. The Hall–Kier alpha value is -1.44. The molecular weight excluding hydrogens is 400 g/mol. The molecule has 0 unspecified atom stereocenters. The lowest BCUT2D eigenvalue weighted by atomic mass is 9.36. The summed E-state index contributed by atoms with van der Waals surface area (Å²) in [5, 5.41) is 23.9. The molecule has 6 rings (SSSR count). The number of aliphatic hydroxyl groups is 2. The number of hydrogen-bond acceptors (Lipinski definition) is 7. The third-order valence-corrected chi connectivity index (χ3v) is 9.57. The van der Waals surface area contributed by atoms with Crippen LogP contribution in [-0.2, 0) is 23.8 Å². The number of aliphatic hydroxyl groups excluding tert-OH is 1. The first-order valence-electron chi connectivity index (χ1n) is 11.5. The van der Waals surface area contributed by atoms with E-state index >= 15 is 0 Å². The Morgan fingerprint density at radius 3 is 2.45 bits per heavy atom. The van der Waals surface area contributed by atoms with Gasteiger partial charge in [0.05, 0.1) is 18.1 Å². The maximum Gasteiger partial charge on any atom is 0.303 e. The highest BCUT2D eigenvalue weighted by molar-refractivity contribution is 5.67. The van der Waals surface area contributed by atoms with E-state index in [4.69, 9.17) is 14.2 Å². The van der Waals surface area contributed by atoms with Crippen LogP contribution in [0.2, 0.25) is 0 Å². The number of carbonyl (C=O) groups is 2. The molecule has 4 saturated carbocycles. The van der Waals surface area contributed by atoms with Gasteiger partial charge in [0.2, 0.25) is 5.79 Å². The maximum atomic E-state index is 12.3. The van der Waals surface area contributed by atoms with Gasteiger partial charge in [-0.1, -0.05) is 20.4 Å². The molecule has 2 N–H and O–H groups in total. The van der Waals surface area contributed by atoms with Crippen LogP contribution in [0.15, 0.2) is 12.2 Å². The van der Waals surface area contributed by atoms with E-state index in [1.807, 2.05) is 0 Å². The Labute approximate surface area is 183 Å². The van der Waals surface area contributed by atoms with Crippen molar-refractivity contribution in [3.63, 3.8) is 0 Å². The van der Waals surface area contributed by atoms with Gasteiger partial charge in [0, 0.05) is 25.2 Å². The van der Waals surface area contributed by atoms with Crippen molar-refractivity contribution in [2.75, 3.05) is 6.61 Å². The van der Waals surface area contributed by atoms with E-state index in [1.165, 1.54) is 13.8 Å². The minimum Gasteiger partial charge on any atom is -0.457 e. The van der Waals surface area contributed by atoms with E-state index in [0.717, 1.165) is 24.8 Å². The summed E-state index contributed by atoms with van der Waals surface area (Å²) < 4.78 is 17.9. The molecule has 0 radical (unpaired) electrons. The van der Waals surface area contributed by atoms with Crippen LogP contribution in [0.1, 0.15) is 59.8 Å². The number of esters is 2. The van der Waals surface area contributed by atoms with Crippen molar-refractivity contribution in [2.45, 2.75) is 83.9 Å². The topological polar surface area (TPSA) is 102 Å². The molecule has 31 heavy (non-hydrogen) atoms. The lowest BCUT2D eigenvalue weighted by Crippen LogP contribution is -2.84. The molecule has 0 aromatic carbocycles. The summed E-state index contributed by atoms with van der Waals surface area (Å²) in [5.74, 6) is -3.08. The summed E-state index contributed by atoms with van der Waals surface area (Å²) >= 11 is 0. The van der Waals surface area contributed by atoms with Crippen LogP contribution in [0.25, 0.3) is 0 Å². The summed E-state index contributed by atoms with van der Waals surface area (Å²) in [6.07, 6.45) is 1.24. The van der Waals surface area contributed by atoms with Crippen molar-refractivity contribution < 1.29 is 34.0 Å². The largest absolute Gasteiger partial charge is 0.457 e. The van der Waals surface area contributed by atoms with E-state index < -0.39 is 46.9 Å². The average molecular weight is 435 g/mol. The van der Waals surface area contributed by atoms with Gasteiger partial charge >= 0.3 is 11.9 Å². The molecule has 2 saturated heterocycles. The molecule has 2 spiro atoms. The van der Waals surface area contributed by atoms with Gasteiger partial charge in [-0.2, -0.15) is 0 Å². The lowest BCUT2D eigenvalue weighted by Gasteiger charge is -2.75. The van der Waals surface area contributed by atoms with Gasteiger partial charge in [-0.25, -0.2) is 0 Å². The first kappa shape index (κ1) is 21.4. The molecule has 2 heterocycles. The van der Waals surface area contributed by atoms with E-state index in [9.17, 15) is 19.8 Å². The van der Waals surface area contributed by atoms with Crippen molar-refractivity contribution in [3.05, 3.63) is 12.2 Å². The van der Waals surface area contributed by atoms with Crippen LogP contribution in [0.3, 0.4) is 0 Å². The maximum absolute atomic E-state index is 12.3. The van der Waals surface area contributed by atoms with Crippen molar-refractivity contribution in [3.8, 4) is 0 Å². The number of rotatable bonds is 2. The Kier molecular flexibility index (Phi) is 4.37. The SMILES string of the molecule is C=C1[C@@H]2CC[C@H]3[C@@]45CO[C@@](O)([C@@H](OC(C)=O)[C@@H]4C(C)(C)CC[C@@H]5O)[C@]3(C2)[C@@H]1OC(C)=O. The third kappa shape index (κ3) is 2.35. The van der Waals surface area contributed by atoms with Crippen LogP contribution in [0.5, 0.6) is 0 Å². The number of ether oxygens (including phenoxy) is 3. The molecule has 0 aromatic rings. The van der Waals surface area contributed by atoms with Gasteiger partial charge in [-0.3, -0.25) is 9.59 Å². The molecule has 4 aliphatic carbocycles. The highest BCUT2D eigenvalue weighted by atomic mass is 16.7. The third-order valence-electron chi connectivity index (χ3n) is 9.57. The minimum absolute atomic E-state index is 0.0918. The Morgan fingerprint density at radius 2 is 1.81 bits per heavy atom. The molecule has 6 fully saturated rings. The average Bonchev–Trinajstić information content (AvgIpc) is 2.87. The lowest BCUT2D eigenvalue weighted by molar-refractivity contribution is -0.465. The molecular formula is C24H34O7. The fourth-order valence-electron chi connectivity index (χ4n) is 8.67. The number of hydrogen-bond donors (Lipinski definition) is 2. The summed E-state index contributed by atoms with van der Waals surface area (Å²) in [6, 6.07) is 0. The number of fused-ring (bicyclic) bond motifs is 2. The van der Waals surface area contributed by atoms with Gasteiger partial charge in [-0.15, -0.1) is 0 Å². The Balaban J connectivity index is 1.77. The van der Waals surface area contributed by atoms with Gasteiger partial charge in [0.1, 0.15) is 6.10 Å². The van der Waals surface area contributed by atoms with Gasteiger partial charge in [0.15, 0.2) is 6.10 Å². The van der Waals surface area contributed by atoms with Crippen molar-refractivity contribution >= 4 is 11.9 Å². The number of carbonyl (C=O) groups excluding carboxylic acids is 2.